The van der Waals surface area contributed by atoms with E-state index >= 15 is 0 Å². The molecule has 8 nitrogen and oxygen atoms in total. The van der Waals surface area contributed by atoms with Crippen molar-refractivity contribution in [2.75, 3.05) is 5.32 Å². The number of rotatable bonds is 5. The number of nitrogens with one attached hydrogen (secondary N) is 1. The average molecular weight is 485 g/mol. The van der Waals surface area contributed by atoms with Crippen molar-refractivity contribution < 1.29 is 27.8 Å². The molecule has 1 fully saturated rings. The van der Waals surface area contributed by atoms with Crippen LogP contribution in [-0.4, -0.2) is 38.2 Å². The molecule has 0 saturated heterocycles. The van der Waals surface area contributed by atoms with Gasteiger partial charge in [0.05, 0.1) is 58.3 Å². The van der Waals surface area contributed by atoms with Gasteiger partial charge in [-0.15, -0.1) is 13.2 Å². The van der Waals surface area contributed by atoms with Crippen LogP contribution in [0.25, 0.3) is 5.69 Å². The Hall–Kier alpha value is -3.91. The summed E-state index contributed by atoms with van der Waals surface area (Å²) in [6.07, 6.45) is -0.220. The zero-order valence-electron chi connectivity index (χ0n) is 18.7. The maximum atomic E-state index is 12.8. The molecule has 0 spiro atoms. The zero-order valence-corrected chi connectivity index (χ0v) is 18.7. The number of hydrogen-bond donors (Lipinski definition) is 2. The molecule has 182 valence electrons. The third-order valence-electron chi connectivity index (χ3n) is 6.10. The number of alkyl halides is 3. The first-order chi connectivity index (χ1) is 16.6. The van der Waals surface area contributed by atoms with Crippen molar-refractivity contribution in [1.29, 1.82) is 5.26 Å². The number of anilines is 1. The molecule has 1 aromatic carbocycles. The van der Waals surface area contributed by atoms with Crippen LogP contribution >= 0.6 is 0 Å². The summed E-state index contributed by atoms with van der Waals surface area (Å²) in [5, 5.41) is 26.4. The molecule has 1 saturated carbocycles. The summed E-state index contributed by atoms with van der Waals surface area (Å²) in [5.41, 5.74) is 1.51. The topological polar surface area (TPSA) is 113 Å². The molecule has 0 unspecified atom stereocenters. The zero-order chi connectivity index (χ0) is 25.2. The van der Waals surface area contributed by atoms with E-state index in [0.717, 1.165) is 12.1 Å². The number of nitriles is 1. The second-order valence-electron chi connectivity index (χ2n) is 8.41. The van der Waals surface area contributed by atoms with Crippen molar-refractivity contribution in [1.82, 2.24) is 14.8 Å². The molecule has 0 bridgehead atoms. The molecule has 4 rings (SSSR count). The number of amides is 1. The van der Waals surface area contributed by atoms with Gasteiger partial charge in [-0.25, -0.2) is 4.68 Å². The average Bonchev–Trinajstić information content (AvgIpc) is 3.21. The highest BCUT2D eigenvalue weighted by Gasteiger charge is 2.38. The highest BCUT2D eigenvalue weighted by molar-refractivity contribution is 6.04. The van der Waals surface area contributed by atoms with Gasteiger partial charge < -0.3 is 15.2 Å². The minimum Gasteiger partial charge on any atom is -0.406 e. The van der Waals surface area contributed by atoms with Crippen LogP contribution in [0, 0.1) is 18.3 Å². The second-order valence-corrected chi connectivity index (χ2v) is 8.41. The predicted octanol–water partition coefficient (Wildman–Crippen LogP) is 4.42. The summed E-state index contributed by atoms with van der Waals surface area (Å²) in [7, 11) is 0. The lowest BCUT2D eigenvalue weighted by Crippen LogP contribution is -2.33. The van der Waals surface area contributed by atoms with E-state index in [1.165, 1.54) is 29.2 Å². The SMILES string of the molecule is Cc1c(C(=O)Nc2ccc(C3(C#N)CCC(O)CC3)nc2)cnn1-c1ccc(OC(F)(F)F)cc1. The number of hydrogen-bond acceptors (Lipinski definition) is 6. The molecular formula is C24H22F3N5O3. The van der Waals surface area contributed by atoms with E-state index in [1.54, 1.807) is 19.1 Å². The lowest BCUT2D eigenvalue weighted by molar-refractivity contribution is -0.274. The molecule has 1 aliphatic carbocycles. The summed E-state index contributed by atoms with van der Waals surface area (Å²) in [6, 6.07) is 10.9. The Balaban J connectivity index is 1.46. The monoisotopic (exact) mass is 485 g/mol. The molecule has 1 aliphatic rings. The fraction of sp³-hybridized carbons (Fsp3) is 0.333. The van der Waals surface area contributed by atoms with Gasteiger partial charge in [-0.2, -0.15) is 10.4 Å². The molecule has 1 amide bonds. The third-order valence-corrected chi connectivity index (χ3v) is 6.10. The number of pyridine rings is 1. The van der Waals surface area contributed by atoms with Gasteiger partial charge in [-0.05, 0) is 69.0 Å². The van der Waals surface area contributed by atoms with Gasteiger partial charge in [0.2, 0.25) is 0 Å². The molecule has 11 heteroatoms. The van der Waals surface area contributed by atoms with Crippen molar-refractivity contribution in [2.45, 2.75) is 50.5 Å². The van der Waals surface area contributed by atoms with Crippen LogP contribution in [0.15, 0.2) is 48.8 Å². The van der Waals surface area contributed by atoms with Crippen LogP contribution in [0.3, 0.4) is 0 Å². The van der Waals surface area contributed by atoms with Crippen molar-refractivity contribution in [3.63, 3.8) is 0 Å². The number of ether oxygens (including phenoxy) is 1. The van der Waals surface area contributed by atoms with Gasteiger partial charge in [0, 0.05) is 0 Å². The van der Waals surface area contributed by atoms with Crippen LogP contribution < -0.4 is 10.1 Å². The molecule has 3 aromatic rings. The fourth-order valence-corrected chi connectivity index (χ4v) is 4.15. The first-order valence-electron chi connectivity index (χ1n) is 10.9. The number of halogens is 3. The maximum Gasteiger partial charge on any atom is 0.573 e. The quantitative estimate of drug-likeness (QED) is 0.553. The lowest BCUT2D eigenvalue weighted by atomic mass is 9.72. The van der Waals surface area contributed by atoms with Crippen LogP contribution in [0.2, 0.25) is 0 Å². The Morgan fingerprint density at radius 2 is 1.89 bits per heavy atom. The molecule has 0 atom stereocenters. The van der Waals surface area contributed by atoms with Crippen LogP contribution in [-0.2, 0) is 5.41 Å². The minimum atomic E-state index is -4.78. The van der Waals surface area contributed by atoms with Gasteiger partial charge >= 0.3 is 6.36 Å². The first kappa shape index (κ1) is 24.2. The summed E-state index contributed by atoms with van der Waals surface area (Å²) < 4.78 is 42.4. The van der Waals surface area contributed by atoms with Crippen LogP contribution in [0.5, 0.6) is 5.75 Å². The van der Waals surface area contributed by atoms with Crippen molar-refractivity contribution in [2.24, 2.45) is 0 Å². The Labute approximate surface area is 199 Å². The molecule has 2 heterocycles. The predicted molar refractivity (Wildman–Crippen MR) is 119 cm³/mol. The molecule has 35 heavy (non-hydrogen) atoms. The number of nitrogens with zero attached hydrogens (tertiary/aromatic N) is 4. The largest absolute Gasteiger partial charge is 0.573 e. The Kier molecular flexibility index (Phi) is 6.49. The summed E-state index contributed by atoms with van der Waals surface area (Å²) in [5.74, 6) is -0.793. The van der Waals surface area contributed by atoms with E-state index in [4.69, 9.17) is 0 Å². The molecular weight excluding hydrogens is 463 g/mol. The van der Waals surface area contributed by atoms with E-state index in [1.807, 2.05) is 0 Å². The highest BCUT2D eigenvalue weighted by Crippen LogP contribution is 2.38. The second kappa shape index (κ2) is 9.38. The highest BCUT2D eigenvalue weighted by atomic mass is 19.4. The fourth-order valence-electron chi connectivity index (χ4n) is 4.15. The van der Waals surface area contributed by atoms with Gasteiger partial charge in [-0.3, -0.25) is 9.78 Å². The minimum absolute atomic E-state index is 0.277. The summed E-state index contributed by atoms with van der Waals surface area (Å²) in [4.78, 5) is 17.2. The van der Waals surface area contributed by atoms with Gasteiger partial charge in [0.1, 0.15) is 5.75 Å². The Morgan fingerprint density at radius 1 is 1.20 bits per heavy atom. The van der Waals surface area contributed by atoms with Crippen molar-refractivity contribution >= 4 is 11.6 Å². The number of benzene rings is 1. The van der Waals surface area contributed by atoms with E-state index < -0.39 is 23.8 Å². The summed E-state index contributed by atoms with van der Waals surface area (Å²) in [6.45, 7) is 1.66. The molecule has 2 N–H and O–H groups in total. The van der Waals surface area contributed by atoms with Gasteiger partial charge in [0.15, 0.2) is 0 Å². The number of carbonyl (C=O) groups is 1. The molecule has 2 aromatic heterocycles. The standard InChI is InChI=1S/C24H22F3N5O3/c1-15-20(13-30-32(15)17-3-5-19(6-4-17)35-24(25,26)27)22(34)31-16-2-7-21(29-12-16)23(14-28)10-8-18(33)9-11-23/h2-7,12-13,18,33H,8-11H2,1H3,(H,31,34). The number of aromatic nitrogens is 3. The number of carbonyl (C=O) groups excluding carboxylic acids is 1. The smallest absolute Gasteiger partial charge is 0.406 e. The summed E-state index contributed by atoms with van der Waals surface area (Å²) >= 11 is 0. The van der Waals surface area contributed by atoms with E-state index in [2.05, 4.69) is 26.2 Å². The number of aliphatic hydroxyl groups excluding tert-OH is 1. The van der Waals surface area contributed by atoms with Crippen molar-refractivity contribution in [3.05, 3.63) is 65.7 Å². The van der Waals surface area contributed by atoms with Crippen LogP contribution in [0.1, 0.15) is 47.4 Å². The van der Waals surface area contributed by atoms with Gasteiger partial charge in [0.25, 0.3) is 5.91 Å². The maximum absolute atomic E-state index is 12.8. The van der Waals surface area contributed by atoms with Gasteiger partial charge in [-0.1, -0.05) is 0 Å². The van der Waals surface area contributed by atoms with Crippen LogP contribution in [0.4, 0.5) is 18.9 Å². The number of aliphatic hydroxyl groups is 1. The van der Waals surface area contributed by atoms with E-state index in [9.17, 15) is 28.3 Å². The normalized spacial score (nSPS) is 20.2. The molecule has 0 radical (unpaired) electrons. The Morgan fingerprint density at radius 3 is 2.46 bits per heavy atom. The van der Waals surface area contributed by atoms with Crippen molar-refractivity contribution in [3.8, 4) is 17.5 Å². The third kappa shape index (κ3) is 5.27. The van der Waals surface area contributed by atoms with E-state index in [0.29, 0.717) is 48.4 Å². The molecule has 0 aliphatic heterocycles. The van der Waals surface area contributed by atoms with E-state index in [-0.39, 0.29) is 11.3 Å². The Bertz CT molecular complexity index is 1240. The first-order valence-corrected chi connectivity index (χ1v) is 10.9. The lowest BCUT2D eigenvalue weighted by Gasteiger charge is -2.32.